The van der Waals surface area contributed by atoms with Crippen molar-refractivity contribution in [3.8, 4) is 6.07 Å². The molecule has 1 rings (SSSR count). The third-order valence-electron chi connectivity index (χ3n) is 3.41. The summed E-state index contributed by atoms with van der Waals surface area (Å²) in [6.45, 7) is 6.29. The van der Waals surface area contributed by atoms with E-state index < -0.39 is 27.3 Å². The average molecular weight is 290 g/mol. The second kappa shape index (κ2) is 6.87. The Labute approximate surface area is 115 Å². The Morgan fingerprint density at radius 2 is 1.79 bits per heavy atom. The molecule has 0 aliphatic carbocycles. The van der Waals surface area contributed by atoms with Gasteiger partial charge in [0.1, 0.15) is 5.92 Å². The van der Waals surface area contributed by atoms with E-state index in [1.807, 2.05) is 13.8 Å². The van der Waals surface area contributed by atoms with Crippen molar-refractivity contribution in [1.82, 2.24) is 4.31 Å². The summed E-state index contributed by atoms with van der Waals surface area (Å²) in [6.07, 6.45) is 1.92. The Morgan fingerprint density at radius 1 is 1.37 bits per heavy atom. The van der Waals surface area contributed by atoms with E-state index in [4.69, 9.17) is 10.4 Å². The number of piperidine rings is 1. The molecule has 1 N–H and O–H groups in total. The first kappa shape index (κ1) is 17.9. The number of hydrogen-bond donors (Lipinski definition) is 1. The van der Waals surface area contributed by atoms with Gasteiger partial charge in [-0.25, -0.2) is 12.7 Å². The molecule has 0 aromatic carbocycles. The first-order chi connectivity index (χ1) is 8.70. The van der Waals surface area contributed by atoms with Gasteiger partial charge in [0.2, 0.25) is 10.0 Å². The lowest BCUT2D eigenvalue weighted by Gasteiger charge is -2.39. The van der Waals surface area contributed by atoms with E-state index in [-0.39, 0.29) is 13.1 Å². The number of carbonyl (C=O) groups is 1. The number of carboxylic acid groups (broad SMARTS) is 1. The number of nitrogens with zero attached hydrogens (tertiary/aromatic N) is 2. The summed E-state index contributed by atoms with van der Waals surface area (Å²) in [5.41, 5.74) is -0.651. The van der Waals surface area contributed by atoms with Crippen LogP contribution < -0.4 is 0 Å². The summed E-state index contributed by atoms with van der Waals surface area (Å²) in [4.78, 5) is 11.0. The van der Waals surface area contributed by atoms with Crippen LogP contribution in [-0.2, 0) is 14.8 Å². The van der Waals surface area contributed by atoms with Gasteiger partial charge < -0.3 is 5.11 Å². The summed E-state index contributed by atoms with van der Waals surface area (Å²) < 4.78 is 24.0. The lowest BCUT2D eigenvalue weighted by atomic mass is 9.71. The highest BCUT2D eigenvalue weighted by Crippen LogP contribution is 2.38. The minimum absolute atomic E-state index is 0.279. The van der Waals surface area contributed by atoms with Crippen molar-refractivity contribution in [2.24, 2.45) is 11.3 Å². The number of aliphatic carboxylic acids is 1. The van der Waals surface area contributed by atoms with Gasteiger partial charge in [-0.3, -0.25) is 4.79 Å². The van der Waals surface area contributed by atoms with Crippen LogP contribution in [0.2, 0.25) is 0 Å². The van der Waals surface area contributed by atoms with Gasteiger partial charge in [-0.2, -0.15) is 5.26 Å². The molecule has 1 unspecified atom stereocenters. The van der Waals surface area contributed by atoms with Crippen molar-refractivity contribution in [3.05, 3.63) is 0 Å². The molecule has 1 aliphatic heterocycles. The number of nitriles is 1. The molecule has 0 radical (unpaired) electrons. The highest BCUT2D eigenvalue weighted by molar-refractivity contribution is 7.88. The molecular formula is C12H22N2O4S. The quantitative estimate of drug-likeness (QED) is 0.844. The maximum absolute atomic E-state index is 11.3. The maximum atomic E-state index is 11.3. The zero-order valence-electron chi connectivity index (χ0n) is 11.9. The van der Waals surface area contributed by atoms with Gasteiger partial charge in [-0.05, 0) is 18.3 Å². The molecule has 1 aliphatic rings. The Kier molecular flexibility index (Phi) is 6.46. The fraction of sp³-hybridized carbons (Fsp3) is 0.833. The topological polar surface area (TPSA) is 98.5 Å². The molecule has 0 saturated carbocycles. The molecular weight excluding hydrogens is 268 g/mol. The molecule has 110 valence electrons. The van der Waals surface area contributed by atoms with Gasteiger partial charge in [-0.1, -0.05) is 20.8 Å². The molecule has 6 nitrogen and oxygen atoms in total. The monoisotopic (exact) mass is 290 g/mol. The van der Waals surface area contributed by atoms with E-state index in [1.54, 1.807) is 13.0 Å². The highest BCUT2D eigenvalue weighted by Gasteiger charge is 2.43. The molecule has 7 heteroatoms. The van der Waals surface area contributed by atoms with E-state index in [0.717, 1.165) is 6.26 Å². The van der Waals surface area contributed by atoms with Crippen LogP contribution in [0.1, 0.15) is 33.6 Å². The Bertz CT molecular complexity index is 445. The SMILES string of the molecule is CC.CC1(C(C#N)C(=O)O)CCN(S(C)(=O)=O)CC1. The lowest BCUT2D eigenvalue weighted by Crippen LogP contribution is -2.45. The Balaban J connectivity index is 0.00000154. The molecule has 1 heterocycles. The van der Waals surface area contributed by atoms with Crippen molar-refractivity contribution in [2.45, 2.75) is 33.6 Å². The van der Waals surface area contributed by atoms with Crippen molar-refractivity contribution in [2.75, 3.05) is 19.3 Å². The minimum atomic E-state index is -3.23. The van der Waals surface area contributed by atoms with Crippen LogP contribution in [0.5, 0.6) is 0 Å². The van der Waals surface area contributed by atoms with Crippen LogP contribution in [0.25, 0.3) is 0 Å². The fourth-order valence-electron chi connectivity index (χ4n) is 2.13. The summed E-state index contributed by atoms with van der Waals surface area (Å²) in [5.74, 6) is -2.22. The van der Waals surface area contributed by atoms with Crippen molar-refractivity contribution < 1.29 is 18.3 Å². The third-order valence-corrected chi connectivity index (χ3v) is 4.71. The van der Waals surface area contributed by atoms with Gasteiger partial charge in [0, 0.05) is 13.1 Å². The molecule has 0 bridgehead atoms. The molecule has 19 heavy (non-hydrogen) atoms. The van der Waals surface area contributed by atoms with E-state index >= 15 is 0 Å². The van der Waals surface area contributed by atoms with Gasteiger partial charge >= 0.3 is 5.97 Å². The van der Waals surface area contributed by atoms with Crippen LogP contribution in [-0.4, -0.2) is 43.1 Å². The predicted octanol–water partition coefficient (Wildman–Crippen LogP) is 1.30. The van der Waals surface area contributed by atoms with E-state index in [2.05, 4.69) is 0 Å². The molecule has 1 saturated heterocycles. The molecule has 1 atom stereocenters. The average Bonchev–Trinajstić information content (AvgIpc) is 2.31. The maximum Gasteiger partial charge on any atom is 0.321 e. The normalized spacial score (nSPS) is 20.6. The number of carboxylic acids is 1. The third kappa shape index (κ3) is 4.48. The first-order valence-corrected chi connectivity index (χ1v) is 8.13. The van der Waals surface area contributed by atoms with E-state index in [0.29, 0.717) is 12.8 Å². The van der Waals surface area contributed by atoms with Gasteiger partial charge in [0.15, 0.2) is 0 Å². The zero-order chi connectivity index (χ0) is 15.3. The van der Waals surface area contributed by atoms with Crippen LogP contribution in [0.3, 0.4) is 0 Å². The molecule has 0 aromatic heterocycles. The Morgan fingerprint density at radius 3 is 2.05 bits per heavy atom. The predicted molar refractivity (Wildman–Crippen MR) is 71.8 cm³/mol. The summed E-state index contributed by atoms with van der Waals surface area (Å²) in [5, 5.41) is 17.8. The fourth-order valence-corrected chi connectivity index (χ4v) is 2.97. The van der Waals surface area contributed by atoms with Crippen molar-refractivity contribution in [3.63, 3.8) is 0 Å². The van der Waals surface area contributed by atoms with Crippen LogP contribution in [0.15, 0.2) is 0 Å². The summed E-state index contributed by atoms with van der Waals surface area (Å²) >= 11 is 0. The standard InChI is InChI=1S/C10H16N2O4S.C2H6/c1-10(8(7-11)9(13)14)3-5-12(6-4-10)17(2,15)16;1-2/h8H,3-6H2,1-2H3,(H,13,14);1-2H3. The first-order valence-electron chi connectivity index (χ1n) is 6.28. The molecule has 1 fully saturated rings. The minimum Gasteiger partial charge on any atom is -0.480 e. The Hall–Kier alpha value is -1.13. The van der Waals surface area contributed by atoms with E-state index in [1.165, 1.54) is 4.31 Å². The van der Waals surface area contributed by atoms with E-state index in [9.17, 15) is 13.2 Å². The number of hydrogen-bond acceptors (Lipinski definition) is 4. The summed E-state index contributed by atoms with van der Waals surface area (Å²) in [6, 6.07) is 1.80. The molecule has 0 amide bonds. The number of rotatable bonds is 3. The smallest absolute Gasteiger partial charge is 0.321 e. The van der Waals surface area contributed by atoms with Crippen LogP contribution >= 0.6 is 0 Å². The summed E-state index contributed by atoms with van der Waals surface area (Å²) in [7, 11) is -3.23. The van der Waals surface area contributed by atoms with Gasteiger partial charge in [-0.15, -0.1) is 0 Å². The van der Waals surface area contributed by atoms with Crippen molar-refractivity contribution in [1.29, 1.82) is 5.26 Å². The van der Waals surface area contributed by atoms with Gasteiger partial charge in [0.25, 0.3) is 0 Å². The van der Waals surface area contributed by atoms with Gasteiger partial charge in [0.05, 0.1) is 12.3 Å². The zero-order valence-corrected chi connectivity index (χ0v) is 12.7. The van der Waals surface area contributed by atoms with Crippen LogP contribution in [0.4, 0.5) is 0 Å². The number of sulfonamides is 1. The highest BCUT2D eigenvalue weighted by atomic mass is 32.2. The van der Waals surface area contributed by atoms with Crippen molar-refractivity contribution >= 4 is 16.0 Å². The largest absolute Gasteiger partial charge is 0.480 e. The second-order valence-corrected chi connectivity index (χ2v) is 6.70. The van der Waals surface area contributed by atoms with Crippen LogP contribution in [0, 0.1) is 22.7 Å². The molecule has 0 aromatic rings. The second-order valence-electron chi connectivity index (χ2n) is 4.72. The molecule has 0 spiro atoms. The lowest BCUT2D eigenvalue weighted by molar-refractivity contribution is -0.144.